The fourth-order valence-corrected chi connectivity index (χ4v) is 0.289. The minimum Gasteiger partial charge on any atom is -0.0373 e. The van der Waals surface area contributed by atoms with Crippen molar-refractivity contribution in [3.63, 3.8) is 0 Å². The molecule has 0 rings (SSSR count). The summed E-state index contributed by atoms with van der Waals surface area (Å²) in [5.74, 6) is 0. The van der Waals surface area contributed by atoms with Crippen LogP contribution in [0, 0.1) is 13.8 Å². The van der Waals surface area contributed by atoms with Gasteiger partial charge in [-0.2, -0.15) is 0 Å². The van der Waals surface area contributed by atoms with Gasteiger partial charge in [-0.25, -0.2) is 0 Å². The van der Waals surface area contributed by atoms with Crippen LogP contribution in [0.4, 0.5) is 0 Å². The van der Waals surface area contributed by atoms with Crippen LogP contribution in [0.5, 0.6) is 0 Å². The van der Waals surface area contributed by atoms with Crippen molar-refractivity contribution < 1.29 is 0 Å². The van der Waals surface area contributed by atoms with Crippen molar-refractivity contribution in [3.05, 3.63) is 25.5 Å². The highest BCUT2D eigenvalue weighted by Gasteiger charge is 1.89. The van der Waals surface area contributed by atoms with Gasteiger partial charge in [0.15, 0.2) is 0 Å². The zero-order valence-electron chi connectivity index (χ0n) is 4.20. The van der Waals surface area contributed by atoms with Gasteiger partial charge in [0, 0.05) is 0 Å². The summed E-state index contributed by atoms with van der Waals surface area (Å²) in [6.45, 7) is 9.22. The molecule has 0 nitrogen and oxygen atoms in total. The first-order valence-electron chi connectivity index (χ1n) is 2.11. The van der Waals surface area contributed by atoms with E-state index in [-0.39, 0.29) is 0 Å². The van der Waals surface area contributed by atoms with Crippen LogP contribution in [-0.2, 0) is 0 Å². The molecule has 0 aliphatic rings. The quantitative estimate of drug-likeness (QED) is 0.424. The summed E-state index contributed by atoms with van der Waals surface area (Å²) in [6.07, 6.45) is 3.03. The van der Waals surface area contributed by atoms with Crippen molar-refractivity contribution in [1.29, 1.82) is 0 Å². The van der Waals surface area contributed by atoms with Gasteiger partial charge in [-0.05, 0) is 6.92 Å². The third-order valence-corrected chi connectivity index (χ3v) is 0.493. The molecular formula is C6H10+2. The van der Waals surface area contributed by atoms with Gasteiger partial charge in [-0.1, -0.05) is 0 Å². The van der Waals surface area contributed by atoms with E-state index in [1.54, 1.807) is 0 Å². The van der Waals surface area contributed by atoms with E-state index in [1.165, 1.54) is 0 Å². The zero-order valence-corrected chi connectivity index (χ0v) is 4.20. The van der Waals surface area contributed by atoms with E-state index in [4.69, 9.17) is 0 Å². The van der Waals surface area contributed by atoms with Crippen molar-refractivity contribution in [2.75, 3.05) is 0 Å². The molecule has 0 N–H and O–H groups in total. The van der Waals surface area contributed by atoms with Crippen LogP contribution in [0.2, 0.25) is 0 Å². The van der Waals surface area contributed by atoms with Gasteiger partial charge in [-0.3, -0.25) is 0 Å². The summed E-state index contributed by atoms with van der Waals surface area (Å²) >= 11 is 0. The topological polar surface area (TPSA) is 0 Å². The third-order valence-electron chi connectivity index (χ3n) is 0.493. The molecule has 0 saturated carbocycles. The first-order chi connectivity index (χ1) is 2.77. The van der Waals surface area contributed by atoms with Crippen LogP contribution in [-0.4, -0.2) is 0 Å². The molecule has 0 heterocycles. The Morgan fingerprint density at radius 2 is 2.17 bits per heavy atom. The second-order valence-electron chi connectivity index (χ2n) is 1.27. The van der Waals surface area contributed by atoms with Crippen LogP contribution < -0.4 is 0 Å². The molecule has 0 aromatic heterocycles. The van der Waals surface area contributed by atoms with Gasteiger partial charge in [0.2, 0.25) is 0 Å². The van der Waals surface area contributed by atoms with Crippen LogP contribution in [0.15, 0.2) is 11.6 Å². The molecule has 0 aromatic carbocycles. The van der Waals surface area contributed by atoms with Crippen LogP contribution in [0.25, 0.3) is 0 Å². The predicted octanol–water partition coefficient (Wildman–Crippen LogP) is 1.99. The highest BCUT2D eigenvalue weighted by Crippen LogP contribution is 1.87. The summed E-state index contributed by atoms with van der Waals surface area (Å²) in [5, 5.41) is 0. The van der Waals surface area contributed by atoms with E-state index in [0.29, 0.717) is 0 Å². The molecule has 6 heavy (non-hydrogen) atoms. The number of rotatable bonds is 1. The van der Waals surface area contributed by atoms with Crippen molar-refractivity contribution in [1.82, 2.24) is 0 Å². The molecule has 0 fully saturated rings. The maximum Gasteiger partial charge on any atom is 0.268 e. The minimum atomic E-state index is 0.914. The molecule has 32 valence electrons. The van der Waals surface area contributed by atoms with Gasteiger partial charge >= 0.3 is 0 Å². The maximum absolute atomic E-state index is 3.58. The maximum atomic E-state index is 3.58. The molecule has 0 saturated heterocycles. The lowest BCUT2D eigenvalue weighted by Crippen LogP contribution is -1.60. The van der Waals surface area contributed by atoms with Crippen LogP contribution >= 0.6 is 0 Å². The second kappa shape index (κ2) is 2.70. The van der Waals surface area contributed by atoms with Crippen molar-refractivity contribution in [2.24, 2.45) is 0 Å². The minimum absolute atomic E-state index is 0.914. The normalized spacial score (nSPS) is 7.50. The van der Waals surface area contributed by atoms with Crippen LogP contribution in [0.3, 0.4) is 0 Å². The Morgan fingerprint density at radius 1 is 1.67 bits per heavy atom. The Morgan fingerprint density at radius 3 is 2.17 bits per heavy atom. The fraction of sp³-hybridized carbons (Fsp3) is 0.333. The van der Waals surface area contributed by atoms with E-state index in [1.807, 2.05) is 6.08 Å². The molecule has 0 amide bonds. The van der Waals surface area contributed by atoms with Crippen LogP contribution in [0.1, 0.15) is 13.3 Å². The molecular weight excluding hydrogens is 72.1 g/mol. The predicted molar refractivity (Wildman–Crippen MR) is 29.1 cm³/mol. The second-order valence-corrected chi connectivity index (χ2v) is 1.27. The number of allylic oxidation sites excluding steroid dienone is 2. The summed E-state index contributed by atoms with van der Waals surface area (Å²) in [6, 6.07) is 0. The monoisotopic (exact) mass is 82.1 g/mol. The van der Waals surface area contributed by atoms with Crippen molar-refractivity contribution in [3.8, 4) is 0 Å². The summed E-state index contributed by atoms with van der Waals surface area (Å²) < 4.78 is 0. The van der Waals surface area contributed by atoms with E-state index in [9.17, 15) is 0 Å². The molecule has 0 aromatic rings. The van der Waals surface area contributed by atoms with E-state index >= 15 is 0 Å². The van der Waals surface area contributed by atoms with Gasteiger partial charge in [0.05, 0.1) is 6.42 Å². The summed E-state index contributed by atoms with van der Waals surface area (Å²) in [4.78, 5) is 0. The Balaban J connectivity index is 3.14. The summed E-state index contributed by atoms with van der Waals surface area (Å²) in [5.41, 5.74) is 0.914. The zero-order chi connectivity index (χ0) is 4.99. The molecule has 0 atom stereocenters. The smallest absolute Gasteiger partial charge is 0.0373 e. The lowest BCUT2D eigenvalue weighted by molar-refractivity contribution is 1.21. The molecule has 0 unspecified atom stereocenters. The Kier molecular flexibility index (Phi) is 2.47. The lowest BCUT2D eigenvalue weighted by Gasteiger charge is -1.60. The molecule has 0 spiro atoms. The highest BCUT2D eigenvalue weighted by molar-refractivity contribution is 5.07. The van der Waals surface area contributed by atoms with E-state index in [0.717, 1.165) is 12.0 Å². The Bertz CT molecular complexity index is 47.1. The van der Waals surface area contributed by atoms with Crippen molar-refractivity contribution >= 4 is 0 Å². The van der Waals surface area contributed by atoms with E-state index < -0.39 is 0 Å². The fourth-order valence-electron chi connectivity index (χ4n) is 0.289. The first-order valence-corrected chi connectivity index (χ1v) is 2.11. The molecule has 0 bridgehead atoms. The van der Waals surface area contributed by atoms with Gasteiger partial charge < -0.3 is 0 Å². The Hall–Kier alpha value is -0.520. The van der Waals surface area contributed by atoms with Gasteiger partial charge in [0.1, 0.15) is 19.9 Å². The molecule has 0 aliphatic carbocycles. The SMILES string of the molecule is [CH2+]C([CH2+])=CCC. The summed E-state index contributed by atoms with van der Waals surface area (Å²) in [7, 11) is 0. The largest absolute Gasteiger partial charge is 0.268 e. The van der Waals surface area contributed by atoms with Gasteiger partial charge in [-0.15, -0.1) is 0 Å². The standard InChI is InChI=1S/C6H10/c1-4-5-6(2)3/h5H,2-4H2,1H3/q+2. The van der Waals surface area contributed by atoms with E-state index in [2.05, 4.69) is 20.8 Å². The molecule has 0 radical (unpaired) electrons. The van der Waals surface area contributed by atoms with Gasteiger partial charge in [0.25, 0.3) is 5.57 Å². The first kappa shape index (κ1) is 5.48. The number of hydrogen-bond acceptors (Lipinski definition) is 0. The average molecular weight is 82.1 g/mol. The average Bonchev–Trinajstić information content (AvgIpc) is 1.35. The lowest BCUT2D eigenvalue weighted by atomic mass is 10.3. The molecule has 0 aliphatic heterocycles. The number of hydrogen-bond donors (Lipinski definition) is 0. The highest BCUT2D eigenvalue weighted by atomic mass is 13.7. The third kappa shape index (κ3) is 3.48. The molecule has 0 heteroatoms. The Labute approximate surface area is 39.9 Å². The van der Waals surface area contributed by atoms with Crippen molar-refractivity contribution in [2.45, 2.75) is 13.3 Å².